The molecule has 0 radical (unpaired) electrons. The highest BCUT2D eigenvalue weighted by Gasteiger charge is 2.15. The molecular weight excluding hydrogens is 344 g/mol. The van der Waals surface area contributed by atoms with Gasteiger partial charge in [-0.3, -0.25) is 14.3 Å². The predicted molar refractivity (Wildman–Crippen MR) is 104 cm³/mol. The fraction of sp³-hybridized carbons (Fsp3) is 0.150. The standard InChI is InChI=1S/C20H20N4O3/c1-13(25)21-15-7-9-16(10-8-15)22-20(26)19-12-18(23-24(19)2)14-5-4-6-17(11-14)27-3/h4-12H,1-3H3,(H,21,25)(H,22,26). The first kappa shape index (κ1) is 18.2. The van der Waals surface area contributed by atoms with Gasteiger partial charge in [-0.1, -0.05) is 12.1 Å². The van der Waals surface area contributed by atoms with Crippen molar-refractivity contribution in [3.8, 4) is 17.0 Å². The number of benzene rings is 2. The van der Waals surface area contributed by atoms with Crippen LogP contribution in [0.2, 0.25) is 0 Å². The molecule has 0 spiro atoms. The third-order valence-corrected chi connectivity index (χ3v) is 3.94. The van der Waals surface area contributed by atoms with E-state index < -0.39 is 0 Å². The number of methoxy groups -OCH3 is 1. The van der Waals surface area contributed by atoms with Gasteiger partial charge in [0.15, 0.2) is 0 Å². The molecule has 0 saturated carbocycles. The zero-order chi connectivity index (χ0) is 19.4. The Kier molecular flexibility index (Phi) is 5.21. The number of aromatic nitrogens is 2. The highest BCUT2D eigenvalue weighted by molar-refractivity contribution is 6.03. The van der Waals surface area contributed by atoms with Crippen LogP contribution in [-0.4, -0.2) is 28.7 Å². The molecule has 3 aromatic rings. The maximum atomic E-state index is 12.6. The van der Waals surface area contributed by atoms with Gasteiger partial charge in [0.1, 0.15) is 11.4 Å². The molecule has 7 nitrogen and oxygen atoms in total. The minimum Gasteiger partial charge on any atom is -0.497 e. The third kappa shape index (κ3) is 4.33. The average Bonchev–Trinajstić information content (AvgIpc) is 3.05. The number of carbonyl (C=O) groups is 2. The lowest BCUT2D eigenvalue weighted by Gasteiger charge is -2.07. The molecule has 2 amide bonds. The molecule has 0 saturated heterocycles. The Morgan fingerprint density at radius 1 is 1.00 bits per heavy atom. The highest BCUT2D eigenvalue weighted by atomic mass is 16.5. The summed E-state index contributed by atoms with van der Waals surface area (Å²) in [4.78, 5) is 23.7. The Morgan fingerprint density at radius 2 is 1.67 bits per heavy atom. The van der Waals surface area contributed by atoms with Crippen molar-refractivity contribution in [2.75, 3.05) is 17.7 Å². The van der Waals surface area contributed by atoms with Crippen LogP contribution in [0.4, 0.5) is 11.4 Å². The zero-order valence-electron chi connectivity index (χ0n) is 15.3. The van der Waals surface area contributed by atoms with Crippen molar-refractivity contribution in [3.63, 3.8) is 0 Å². The van der Waals surface area contributed by atoms with Crippen molar-refractivity contribution in [2.24, 2.45) is 7.05 Å². The molecule has 0 fully saturated rings. The molecule has 2 aromatic carbocycles. The van der Waals surface area contributed by atoms with Crippen LogP contribution in [0.15, 0.2) is 54.6 Å². The number of carbonyl (C=O) groups excluding carboxylic acids is 2. The van der Waals surface area contributed by atoms with Crippen molar-refractivity contribution >= 4 is 23.2 Å². The van der Waals surface area contributed by atoms with E-state index in [2.05, 4.69) is 15.7 Å². The van der Waals surface area contributed by atoms with Gasteiger partial charge in [0, 0.05) is 30.9 Å². The minimum atomic E-state index is -0.272. The number of hydrogen-bond donors (Lipinski definition) is 2. The third-order valence-electron chi connectivity index (χ3n) is 3.94. The lowest BCUT2D eigenvalue weighted by molar-refractivity contribution is -0.114. The summed E-state index contributed by atoms with van der Waals surface area (Å²) in [5, 5.41) is 9.93. The summed E-state index contributed by atoms with van der Waals surface area (Å²) in [6, 6.07) is 16.1. The molecule has 1 heterocycles. The SMILES string of the molecule is COc1cccc(-c2cc(C(=O)Nc3ccc(NC(C)=O)cc3)n(C)n2)c1. The van der Waals surface area contributed by atoms with Crippen LogP contribution in [0.25, 0.3) is 11.3 Å². The van der Waals surface area contributed by atoms with Gasteiger partial charge in [-0.2, -0.15) is 5.10 Å². The summed E-state index contributed by atoms with van der Waals surface area (Å²) in [5.41, 5.74) is 3.27. The van der Waals surface area contributed by atoms with E-state index in [9.17, 15) is 9.59 Å². The van der Waals surface area contributed by atoms with Crippen molar-refractivity contribution in [1.29, 1.82) is 0 Å². The molecule has 0 bridgehead atoms. The van der Waals surface area contributed by atoms with E-state index in [1.165, 1.54) is 11.6 Å². The van der Waals surface area contributed by atoms with Crippen molar-refractivity contribution in [3.05, 3.63) is 60.3 Å². The van der Waals surface area contributed by atoms with Gasteiger partial charge in [-0.25, -0.2) is 0 Å². The summed E-state index contributed by atoms with van der Waals surface area (Å²) in [5.74, 6) is 0.307. The first-order valence-corrected chi connectivity index (χ1v) is 8.34. The Hall–Kier alpha value is -3.61. The van der Waals surface area contributed by atoms with Gasteiger partial charge in [0.25, 0.3) is 5.91 Å². The first-order valence-electron chi connectivity index (χ1n) is 8.34. The average molecular weight is 364 g/mol. The highest BCUT2D eigenvalue weighted by Crippen LogP contribution is 2.24. The lowest BCUT2D eigenvalue weighted by Crippen LogP contribution is -2.16. The smallest absolute Gasteiger partial charge is 0.273 e. The summed E-state index contributed by atoms with van der Waals surface area (Å²) < 4.78 is 6.77. The zero-order valence-corrected chi connectivity index (χ0v) is 15.3. The van der Waals surface area contributed by atoms with E-state index in [0.717, 1.165) is 11.3 Å². The molecule has 0 atom stereocenters. The van der Waals surface area contributed by atoms with Crippen LogP contribution in [0, 0.1) is 0 Å². The topological polar surface area (TPSA) is 85.3 Å². The van der Waals surface area contributed by atoms with Crippen molar-refractivity contribution in [1.82, 2.24) is 9.78 Å². The molecule has 2 N–H and O–H groups in total. The van der Waals surface area contributed by atoms with E-state index in [-0.39, 0.29) is 11.8 Å². The summed E-state index contributed by atoms with van der Waals surface area (Å²) >= 11 is 0. The van der Waals surface area contributed by atoms with Gasteiger partial charge >= 0.3 is 0 Å². The number of nitrogens with zero attached hydrogens (tertiary/aromatic N) is 2. The molecule has 0 aliphatic heterocycles. The summed E-state index contributed by atoms with van der Waals surface area (Å²) in [6.45, 7) is 1.44. The van der Waals surface area contributed by atoms with Crippen LogP contribution >= 0.6 is 0 Å². The Labute approximate surface area is 157 Å². The number of anilines is 2. The molecule has 138 valence electrons. The Balaban J connectivity index is 1.77. The molecule has 0 unspecified atom stereocenters. The van der Waals surface area contributed by atoms with Crippen LogP contribution in [0.5, 0.6) is 5.75 Å². The second-order valence-electron chi connectivity index (χ2n) is 5.98. The monoisotopic (exact) mass is 364 g/mol. The van der Waals surface area contributed by atoms with E-state index >= 15 is 0 Å². The molecule has 0 aliphatic carbocycles. The van der Waals surface area contributed by atoms with E-state index in [1.54, 1.807) is 44.5 Å². The summed E-state index contributed by atoms with van der Waals surface area (Å²) in [6.07, 6.45) is 0. The van der Waals surface area contributed by atoms with Crippen LogP contribution < -0.4 is 15.4 Å². The summed E-state index contributed by atoms with van der Waals surface area (Å²) in [7, 11) is 3.33. The second-order valence-corrected chi connectivity index (χ2v) is 5.98. The molecule has 27 heavy (non-hydrogen) atoms. The maximum Gasteiger partial charge on any atom is 0.273 e. The van der Waals surface area contributed by atoms with Gasteiger partial charge in [0.05, 0.1) is 12.8 Å². The van der Waals surface area contributed by atoms with Gasteiger partial charge in [-0.15, -0.1) is 0 Å². The molecule has 1 aromatic heterocycles. The van der Waals surface area contributed by atoms with E-state index in [1.807, 2.05) is 24.3 Å². The molecule has 3 rings (SSSR count). The quantitative estimate of drug-likeness (QED) is 0.727. The number of rotatable bonds is 5. The normalized spacial score (nSPS) is 10.3. The number of aryl methyl sites for hydroxylation is 1. The van der Waals surface area contributed by atoms with Crippen molar-refractivity contribution in [2.45, 2.75) is 6.92 Å². The number of nitrogens with one attached hydrogen (secondary N) is 2. The fourth-order valence-corrected chi connectivity index (χ4v) is 2.64. The van der Waals surface area contributed by atoms with Gasteiger partial charge < -0.3 is 15.4 Å². The van der Waals surface area contributed by atoms with Crippen LogP contribution in [-0.2, 0) is 11.8 Å². The van der Waals surface area contributed by atoms with Gasteiger partial charge in [0.2, 0.25) is 5.91 Å². The fourth-order valence-electron chi connectivity index (χ4n) is 2.64. The van der Waals surface area contributed by atoms with Crippen molar-refractivity contribution < 1.29 is 14.3 Å². The largest absolute Gasteiger partial charge is 0.497 e. The van der Waals surface area contributed by atoms with Crippen LogP contribution in [0.1, 0.15) is 17.4 Å². The molecular formula is C20H20N4O3. The molecule has 0 aliphatic rings. The van der Waals surface area contributed by atoms with Gasteiger partial charge in [-0.05, 0) is 42.5 Å². The van der Waals surface area contributed by atoms with E-state index in [0.29, 0.717) is 22.8 Å². The minimum absolute atomic E-state index is 0.147. The second kappa shape index (κ2) is 7.74. The predicted octanol–water partition coefficient (Wildman–Crippen LogP) is 3.31. The lowest BCUT2D eigenvalue weighted by atomic mass is 10.1. The Morgan fingerprint density at radius 3 is 2.30 bits per heavy atom. The van der Waals surface area contributed by atoms with E-state index in [4.69, 9.17) is 4.74 Å². The first-order chi connectivity index (χ1) is 13.0. The number of ether oxygens (including phenoxy) is 1. The number of amides is 2. The Bertz CT molecular complexity index is 977. The molecule has 7 heteroatoms. The maximum absolute atomic E-state index is 12.6. The number of hydrogen-bond acceptors (Lipinski definition) is 4. The van der Waals surface area contributed by atoms with Crippen LogP contribution in [0.3, 0.4) is 0 Å².